The number of aliphatic hydroxyl groups is 1. The highest BCUT2D eigenvalue weighted by Gasteiger charge is 2.25. The molecule has 1 saturated heterocycles. The minimum absolute atomic E-state index is 0.0775. The van der Waals surface area contributed by atoms with Crippen LogP contribution in [0.15, 0.2) is 30.5 Å². The Morgan fingerprint density at radius 1 is 1.31 bits per heavy atom. The number of rotatable bonds is 6. The number of carbonyl (C=O) groups excluding carboxylic acids is 1. The maximum Gasteiger partial charge on any atom is 0.253 e. The van der Waals surface area contributed by atoms with Gasteiger partial charge in [-0.25, -0.2) is 4.68 Å². The lowest BCUT2D eigenvalue weighted by Gasteiger charge is -2.32. The third-order valence-electron chi connectivity index (χ3n) is 4.79. The summed E-state index contributed by atoms with van der Waals surface area (Å²) < 4.78 is 1.82. The fourth-order valence-electron chi connectivity index (χ4n) is 3.18. The van der Waals surface area contributed by atoms with Crippen LogP contribution in [0.3, 0.4) is 0 Å². The Balaban J connectivity index is 1.56. The van der Waals surface area contributed by atoms with Crippen molar-refractivity contribution in [3.8, 4) is 0 Å². The zero-order chi connectivity index (χ0) is 18.5. The highest BCUT2D eigenvalue weighted by atomic mass is 16.3. The molecule has 2 aromatic rings. The molecule has 140 valence electrons. The molecule has 7 nitrogen and oxygen atoms in total. The Morgan fingerprint density at radius 2 is 2.00 bits per heavy atom. The van der Waals surface area contributed by atoms with E-state index in [1.165, 1.54) is 0 Å². The zero-order valence-electron chi connectivity index (χ0n) is 15.4. The van der Waals surface area contributed by atoms with Crippen LogP contribution in [0.4, 0.5) is 5.69 Å². The molecule has 7 heteroatoms. The second kappa shape index (κ2) is 8.31. The van der Waals surface area contributed by atoms with Crippen molar-refractivity contribution in [2.45, 2.75) is 45.3 Å². The normalized spacial score (nSPS) is 16.5. The smallest absolute Gasteiger partial charge is 0.253 e. The number of likely N-dealkylation sites (tertiary alicyclic amines) is 1. The lowest BCUT2D eigenvalue weighted by Crippen LogP contribution is -2.39. The van der Waals surface area contributed by atoms with Gasteiger partial charge in [-0.2, -0.15) is 0 Å². The van der Waals surface area contributed by atoms with Gasteiger partial charge in [-0.1, -0.05) is 12.1 Å². The molecule has 1 amide bonds. The molecule has 1 aliphatic rings. The molecule has 2 N–H and O–H groups in total. The quantitative estimate of drug-likeness (QED) is 0.830. The van der Waals surface area contributed by atoms with E-state index >= 15 is 0 Å². The molecule has 1 fully saturated rings. The Hall–Kier alpha value is -2.41. The molecular weight excluding hydrogens is 330 g/mol. The van der Waals surface area contributed by atoms with Crippen molar-refractivity contribution in [1.29, 1.82) is 0 Å². The summed E-state index contributed by atoms with van der Waals surface area (Å²) in [6.07, 6.45) is 3.93. The highest BCUT2D eigenvalue weighted by Crippen LogP contribution is 2.24. The first-order valence-electron chi connectivity index (χ1n) is 9.31. The summed E-state index contributed by atoms with van der Waals surface area (Å²) in [6, 6.07) is 7.92. The lowest BCUT2D eigenvalue weighted by molar-refractivity contribution is 0.0689. The van der Waals surface area contributed by atoms with Gasteiger partial charge in [0.05, 0.1) is 18.3 Å². The summed E-state index contributed by atoms with van der Waals surface area (Å²) in [5.41, 5.74) is 2.35. The molecule has 0 saturated carbocycles. The van der Waals surface area contributed by atoms with Crippen LogP contribution in [-0.2, 0) is 0 Å². The largest absolute Gasteiger partial charge is 0.387 e. The number of benzene rings is 1. The average Bonchev–Trinajstić information content (AvgIpc) is 3.17. The maximum atomic E-state index is 12.7. The molecule has 3 rings (SSSR count). The summed E-state index contributed by atoms with van der Waals surface area (Å²) in [6.45, 7) is 6.13. The molecule has 1 atom stereocenters. The summed E-state index contributed by atoms with van der Waals surface area (Å²) in [5.74, 6) is 0.0775. The fraction of sp³-hybridized carbons (Fsp3) is 0.526. The number of amides is 1. The van der Waals surface area contributed by atoms with Crippen LogP contribution in [0.2, 0.25) is 0 Å². The minimum Gasteiger partial charge on any atom is -0.387 e. The molecule has 26 heavy (non-hydrogen) atoms. The summed E-state index contributed by atoms with van der Waals surface area (Å²) in [7, 11) is 0. The third kappa shape index (κ3) is 4.22. The summed E-state index contributed by atoms with van der Waals surface area (Å²) in [5, 5.41) is 21.0. The van der Waals surface area contributed by atoms with Gasteiger partial charge >= 0.3 is 0 Å². The number of aromatic nitrogens is 3. The number of aliphatic hydroxyl groups excluding tert-OH is 1. The van der Waals surface area contributed by atoms with E-state index in [0.717, 1.165) is 37.1 Å². The van der Waals surface area contributed by atoms with Crippen molar-refractivity contribution >= 4 is 11.6 Å². The van der Waals surface area contributed by atoms with Crippen molar-refractivity contribution in [2.75, 3.05) is 25.0 Å². The topological polar surface area (TPSA) is 83.3 Å². The van der Waals surface area contributed by atoms with Crippen LogP contribution in [0.5, 0.6) is 0 Å². The van der Waals surface area contributed by atoms with Crippen molar-refractivity contribution in [3.05, 3.63) is 41.7 Å². The Bertz CT molecular complexity index is 718. The first kappa shape index (κ1) is 18.4. The number of carbonyl (C=O) groups is 1. The summed E-state index contributed by atoms with van der Waals surface area (Å²) in [4.78, 5) is 14.6. The molecule has 2 heterocycles. The van der Waals surface area contributed by atoms with Gasteiger partial charge in [0.15, 0.2) is 0 Å². The van der Waals surface area contributed by atoms with E-state index in [9.17, 15) is 9.90 Å². The van der Waals surface area contributed by atoms with E-state index in [1.807, 2.05) is 33.8 Å². The lowest BCUT2D eigenvalue weighted by atomic mass is 10.0. The van der Waals surface area contributed by atoms with E-state index < -0.39 is 6.10 Å². The van der Waals surface area contributed by atoms with Gasteiger partial charge in [0.1, 0.15) is 5.69 Å². The van der Waals surface area contributed by atoms with Crippen molar-refractivity contribution in [2.24, 2.45) is 0 Å². The SMILES string of the molecule is CCCNc1ccc(C(=O)N2CCC(n3cc([C@H](C)O)nn3)CC2)cc1. The second-order valence-electron chi connectivity index (χ2n) is 6.83. The maximum absolute atomic E-state index is 12.7. The summed E-state index contributed by atoms with van der Waals surface area (Å²) >= 11 is 0. The van der Waals surface area contributed by atoms with Crippen LogP contribution < -0.4 is 5.32 Å². The van der Waals surface area contributed by atoms with Gasteiger partial charge in [0, 0.05) is 30.9 Å². The molecule has 0 bridgehead atoms. The van der Waals surface area contributed by atoms with Crippen molar-refractivity contribution in [1.82, 2.24) is 19.9 Å². The Morgan fingerprint density at radius 3 is 2.58 bits per heavy atom. The van der Waals surface area contributed by atoms with Crippen molar-refractivity contribution in [3.63, 3.8) is 0 Å². The van der Waals surface area contributed by atoms with Gasteiger partial charge in [-0.15, -0.1) is 5.10 Å². The number of piperidine rings is 1. The third-order valence-corrected chi connectivity index (χ3v) is 4.79. The van der Waals surface area contributed by atoms with Crippen LogP contribution in [0.25, 0.3) is 0 Å². The number of nitrogens with zero attached hydrogens (tertiary/aromatic N) is 4. The van der Waals surface area contributed by atoms with E-state index in [2.05, 4.69) is 22.6 Å². The standard InChI is InChI=1S/C19H27N5O2/c1-3-10-20-16-6-4-15(5-7-16)19(26)23-11-8-17(9-12-23)24-13-18(14(2)25)21-22-24/h4-7,13-14,17,20,25H,3,8-12H2,1-2H3/t14-/m0/s1. The number of hydrogen-bond donors (Lipinski definition) is 2. The van der Waals surface area contributed by atoms with Crippen LogP contribution in [-0.4, -0.2) is 50.5 Å². The van der Waals surface area contributed by atoms with Crippen LogP contribution in [0.1, 0.15) is 61.3 Å². The zero-order valence-corrected chi connectivity index (χ0v) is 15.4. The highest BCUT2D eigenvalue weighted by molar-refractivity contribution is 5.94. The fourth-order valence-corrected chi connectivity index (χ4v) is 3.18. The predicted octanol–water partition coefficient (Wildman–Crippen LogP) is 2.63. The molecule has 0 unspecified atom stereocenters. The number of nitrogens with one attached hydrogen (secondary N) is 1. The molecule has 1 aromatic carbocycles. The van der Waals surface area contributed by atoms with Crippen LogP contribution >= 0.6 is 0 Å². The second-order valence-corrected chi connectivity index (χ2v) is 6.83. The van der Waals surface area contributed by atoms with Gasteiger partial charge in [0.25, 0.3) is 5.91 Å². The van der Waals surface area contributed by atoms with Gasteiger partial charge in [-0.05, 0) is 50.5 Å². The molecule has 0 spiro atoms. The number of anilines is 1. The minimum atomic E-state index is -0.611. The Kier molecular flexibility index (Phi) is 5.88. The van der Waals surface area contributed by atoms with Crippen LogP contribution in [0, 0.1) is 0 Å². The molecule has 1 aliphatic heterocycles. The number of hydrogen-bond acceptors (Lipinski definition) is 5. The average molecular weight is 357 g/mol. The van der Waals surface area contributed by atoms with Crippen molar-refractivity contribution < 1.29 is 9.90 Å². The molecule has 0 radical (unpaired) electrons. The van der Waals surface area contributed by atoms with E-state index in [1.54, 1.807) is 13.1 Å². The van der Waals surface area contributed by atoms with Gasteiger partial charge in [-0.3, -0.25) is 4.79 Å². The molecule has 1 aromatic heterocycles. The van der Waals surface area contributed by atoms with Gasteiger partial charge in [0.2, 0.25) is 0 Å². The van der Waals surface area contributed by atoms with E-state index in [4.69, 9.17) is 0 Å². The van der Waals surface area contributed by atoms with E-state index in [-0.39, 0.29) is 11.9 Å². The first-order chi connectivity index (χ1) is 12.6. The molecular formula is C19H27N5O2. The molecule has 0 aliphatic carbocycles. The van der Waals surface area contributed by atoms with E-state index in [0.29, 0.717) is 18.8 Å². The predicted molar refractivity (Wildman–Crippen MR) is 100 cm³/mol. The Labute approximate surface area is 154 Å². The van der Waals surface area contributed by atoms with Gasteiger partial charge < -0.3 is 15.3 Å². The first-order valence-corrected chi connectivity index (χ1v) is 9.31. The monoisotopic (exact) mass is 357 g/mol.